The molecule has 25 heavy (non-hydrogen) atoms. The third kappa shape index (κ3) is 4.82. The Labute approximate surface area is 155 Å². The number of carbonyl (C=O) groups is 1. The Morgan fingerprint density at radius 1 is 1.24 bits per heavy atom. The molecule has 7 heteroatoms. The average Bonchev–Trinajstić information content (AvgIpc) is 2.92. The second-order valence-electron chi connectivity index (χ2n) is 5.22. The molecule has 0 aliphatic carbocycles. The van der Waals surface area contributed by atoms with Gasteiger partial charge in [0.05, 0.1) is 17.7 Å². The molecule has 0 atom stereocenters. The Bertz CT molecular complexity index is 819. The predicted octanol–water partition coefficient (Wildman–Crippen LogP) is 3.73. The van der Waals surface area contributed by atoms with E-state index in [9.17, 15) is 4.79 Å². The van der Waals surface area contributed by atoms with E-state index in [1.807, 2.05) is 48.5 Å². The lowest BCUT2D eigenvalue weighted by Crippen LogP contribution is -2.17. The number of benzene rings is 2. The Morgan fingerprint density at radius 2 is 2.04 bits per heavy atom. The van der Waals surface area contributed by atoms with Gasteiger partial charge in [0.15, 0.2) is 0 Å². The van der Waals surface area contributed by atoms with Crippen molar-refractivity contribution < 1.29 is 14.4 Å². The molecule has 1 fully saturated rings. The van der Waals surface area contributed by atoms with Crippen LogP contribution >= 0.6 is 24.0 Å². The van der Waals surface area contributed by atoms with Crippen molar-refractivity contribution in [1.82, 2.24) is 5.32 Å². The zero-order valence-electron chi connectivity index (χ0n) is 13.4. The quantitative estimate of drug-likeness (QED) is 0.458. The van der Waals surface area contributed by atoms with Crippen molar-refractivity contribution in [1.29, 1.82) is 0 Å². The van der Waals surface area contributed by atoms with Gasteiger partial charge in [-0.05, 0) is 41.5 Å². The molecule has 3 rings (SSSR count). The zero-order valence-corrected chi connectivity index (χ0v) is 15.1. The van der Waals surface area contributed by atoms with Crippen LogP contribution in [0.4, 0.5) is 5.69 Å². The van der Waals surface area contributed by atoms with Crippen LogP contribution in [-0.2, 0) is 16.2 Å². The molecule has 0 aromatic heterocycles. The van der Waals surface area contributed by atoms with Crippen LogP contribution in [0.1, 0.15) is 11.1 Å². The zero-order chi connectivity index (χ0) is 17.6. The fourth-order valence-electron chi connectivity index (χ4n) is 2.22. The van der Waals surface area contributed by atoms with Gasteiger partial charge in [-0.2, -0.15) is 0 Å². The van der Waals surface area contributed by atoms with Crippen LogP contribution in [0.5, 0.6) is 5.75 Å². The first-order valence-electron chi connectivity index (χ1n) is 7.50. The van der Waals surface area contributed by atoms with Gasteiger partial charge >= 0.3 is 0 Å². The summed E-state index contributed by atoms with van der Waals surface area (Å²) >= 11 is 6.25. The van der Waals surface area contributed by atoms with Crippen LogP contribution < -0.4 is 15.5 Å². The molecule has 2 aromatic rings. The molecule has 1 aliphatic rings. The third-order valence-electron chi connectivity index (χ3n) is 3.38. The number of rotatable bonds is 6. The minimum absolute atomic E-state index is 0.161. The second-order valence-corrected chi connectivity index (χ2v) is 6.94. The molecule has 128 valence electrons. The van der Waals surface area contributed by atoms with Crippen LogP contribution in [0.3, 0.4) is 0 Å². The topological polar surface area (TPSA) is 59.6 Å². The third-order valence-corrected chi connectivity index (χ3v) is 4.54. The summed E-state index contributed by atoms with van der Waals surface area (Å²) in [6, 6.07) is 15.4. The summed E-state index contributed by atoms with van der Waals surface area (Å²) in [6.07, 6.45) is 1.80. The predicted molar refractivity (Wildman–Crippen MR) is 104 cm³/mol. The lowest BCUT2D eigenvalue weighted by atomic mass is 10.2. The molecular formula is C18H16N2O3S2. The van der Waals surface area contributed by atoms with E-state index in [-0.39, 0.29) is 5.91 Å². The largest absolute Gasteiger partial charge is 0.489 e. The summed E-state index contributed by atoms with van der Waals surface area (Å²) in [7, 11) is 1.57. The highest BCUT2D eigenvalue weighted by Crippen LogP contribution is 2.27. The van der Waals surface area contributed by atoms with Crippen LogP contribution in [-0.4, -0.2) is 17.3 Å². The van der Waals surface area contributed by atoms with Crippen molar-refractivity contribution in [3.8, 4) is 5.75 Å². The standard InChI is InChI=1S/C18H16N2O3S2/c1-22-20-14-7-5-12(6-8-14)11-23-15-4-2-3-13(9-15)10-16-17(21)19-18(24)25-16/h2-10,20H,11H2,1H3,(H,19,21,24)/b16-10+. The van der Waals surface area contributed by atoms with Gasteiger partial charge in [0.25, 0.3) is 5.91 Å². The van der Waals surface area contributed by atoms with Crippen molar-refractivity contribution in [2.45, 2.75) is 6.61 Å². The fraction of sp³-hybridized carbons (Fsp3) is 0.111. The van der Waals surface area contributed by atoms with Crippen molar-refractivity contribution >= 4 is 46.0 Å². The smallest absolute Gasteiger partial charge is 0.263 e. The highest BCUT2D eigenvalue weighted by Gasteiger charge is 2.21. The maximum absolute atomic E-state index is 11.7. The minimum atomic E-state index is -0.161. The second kappa shape index (κ2) is 8.15. The highest BCUT2D eigenvalue weighted by molar-refractivity contribution is 8.26. The Balaban J connectivity index is 1.65. The first kappa shape index (κ1) is 17.5. The number of amides is 1. The monoisotopic (exact) mass is 372 g/mol. The number of anilines is 1. The molecule has 1 heterocycles. The molecule has 2 aromatic carbocycles. The van der Waals surface area contributed by atoms with Crippen molar-refractivity contribution in [3.63, 3.8) is 0 Å². The van der Waals surface area contributed by atoms with Crippen LogP contribution in [0.25, 0.3) is 6.08 Å². The average molecular weight is 372 g/mol. The molecule has 0 saturated carbocycles. The SMILES string of the molecule is CONc1ccc(COc2cccc(/C=C3/SC(=S)NC3=O)c2)cc1. The molecule has 1 saturated heterocycles. The van der Waals surface area contributed by atoms with Crippen molar-refractivity contribution in [2.24, 2.45) is 0 Å². The lowest BCUT2D eigenvalue weighted by molar-refractivity contribution is -0.115. The molecule has 1 aliphatic heterocycles. The van der Waals surface area contributed by atoms with Gasteiger partial charge < -0.3 is 10.1 Å². The summed E-state index contributed by atoms with van der Waals surface area (Å²) < 4.78 is 6.31. The van der Waals surface area contributed by atoms with Crippen LogP contribution in [0.15, 0.2) is 53.4 Å². The fourth-order valence-corrected chi connectivity index (χ4v) is 3.26. The minimum Gasteiger partial charge on any atom is -0.489 e. The van der Waals surface area contributed by atoms with E-state index in [0.717, 1.165) is 22.6 Å². The van der Waals surface area contributed by atoms with Crippen molar-refractivity contribution in [3.05, 3.63) is 64.6 Å². The molecule has 2 N–H and O–H groups in total. The lowest BCUT2D eigenvalue weighted by Gasteiger charge is -2.08. The van der Waals surface area contributed by atoms with E-state index in [4.69, 9.17) is 21.8 Å². The summed E-state index contributed by atoms with van der Waals surface area (Å²) in [5.74, 6) is 0.575. The van der Waals surface area contributed by atoms with Gasteiger partial charge in [-0.25, -0.2) is 0 Å². The summed E-state index contributed by atoms with van der Waals surface area (Å²) in [5, 5.41) is 2.60. The van der Waals surface area contributed by atoms with Gasteiger partial charge in [0, 0.05) is 0 Å². The molecule has 5 nitrogen and oxygen atoms in total. The molecule has 0 spiro atoms. The van der Waals surface area contributed by atoms with E-state index in [2.05, 4.69) is 10.8 Å². The summed E-state index contributed by atoms with van der Waals surface area (Å²) in [6.45, 7) is 0.451. The first-order valence-corrected chi connectivity index (χ1v) is 8.72. The molecule has 0 radical (unpaired) electrons. The number of hydrogen-bond donors (Lipinski definition) is 2. The molecule has 0 bridgehead atoms. The Hall–Kier alpha value is -2.35. The number of thioether (sulfide) groups is 1. The van der Waals surface area contributed by atoms with Gasteiger partial charge in [0.1, 0.15) is 16.7 Å². The van der Waals surface area contributed by atoms with E-state index in [1.54, 1.807) is 13.2 Å². The molecular weight excluding hydrogens is 356 g/mol. The van der Waals surface area contributed by atoms with E-state index >= 15 is 0 Å². The summed E-state index contributed by atoms with van der Waals surface area (Å²) in [5.41, 5.74) is 5.58. The van der Waals surface area contributed by atoms with Gasteiger partial charge in [0.2, 0.25) is 0 Å². The maximum atomic E-state index is 11.7. The van der Waals surface area contributed by atoms with Crippen LogP contribution in [0.2, 0.25) is 0 Å². The first-order chi connectivity index (χ1) is 12.1. The number of carbonyl (C=O) groups excluding carboxylic acids is 1. The van der Waals surface area contributed by atoms with E-state index in [0.29, 0.717) is 15.8 Å². The van der Waals surface area contributed by atoms with E-state index < -0.39 is 0 Å². The number of hydrogen-bond acceptors (Lipinski definition) is 6. The van der Waals surface area contributed by atoms with Crippen LogP contribution in [0, 0.1) is 0 Å². The Morgan fingerprint density at radius 3 is 2.72 bits per heavy atom. The number of thiocarbonyl (C=S) groups is 1. The van der Waals surface area contributed by atoms with Gasteiger partial charge in [-0.15, -0.1) is 0 Å². The number of ether oxygens (including phenoxy) is 1. The number of nitrogens with one attached hydrogen (secondary N) is 2. The molecule has 1 amide bonds. The molecule has 0 unspecified atom stereocenters. The van der Waals surface area contributed by atoms with Crippen molar-refractivity contribution in [2.75, 3.05) is 12.6 Å². The van der Waals surface area contributed by atoms with E-state index in [1.165, 1.54) is 11.8 Å². The summed E-state index contributed by atoms with van der Waals surface area (Å²) in [4.78, 5) is 17.2. The Kier molecular flexibility index (Phi) is 5.70. The van der Waals surface area contributed by atoms with Gasteiger partial charge in [-0.3, -0.25) is 15.1 Å². The normalized spacial score (nSPS) is 15.3. The maximum Gasteiger partial charge on any atom is 0.263 e. The highest BCUT2D eigenvalue weighted by atomic mass is 32.2. The van der Waals surface area contributed by atoms with Gasteiger partial charge in [-0.1, -0.05) is 48.2 Å².